The number of aromatic nitrogens is 2. The lowest BCUT2D eigenvalue weighted by Crippen LogP contribution is -2.33. The minimum absolute atomic E-state index is 0.00740. The van der Waals surface area contributed by atoms with Crippen LogP contribution in [0.2, 0.25) is 0 Å². The molecular formula is C15H23N3O2S. The zero-order valence-electron chi connectivity index (χ0n) is 13.1. The number of carbonyl (C=O) groups excluding carboxylic acids is 1. The molecule has 2 rings (SSSR count). The Kier molecular flexibility index (Phi) is 4.68. The lowest BCUT2D eigenvalue weighted by Gasteiger charge is -2.24. The lowest BCUT2D eigenvalue weighted by molar-refractivity contribution is 0.0937. The molecule has 6 heteroatoms. The van der Waals surface area contributed by atoms with Crippen LogP contribution < -0.4 is 5.32 Å². The topological polar surface area (TPSA) is 67.2 Å². The van der Waals surface area contributed by atoms with Crippen molar-refractivity contribution < 1.29 is 9.90 Å². The Hall–Kier alpha value is -1.40. The first kappa shape index (κ1) is 16.0. The van der Waals surface area contributed by atoms with E-state index in [0.717, 1.165) is 33.6 Å². The molecule has 2 N–H and O–H groups in total. The summed E-state index contributed by atoms with van der Waals surface area (Å²) in [7, 11) is 1.89. The number of carbonyl (C=O) groups is 1. The molecule has 2 aromatic heterocycles. The van der Waals surface area contributed by atoms with E-state index in [4.69, 9.17) is 5.11 Å². The van der Waals surface area contributed by atoms with Crippen LogP contribution in [0.4, 0.5) is 0 Å². The number of amides is 1. The average Bonchev–Trinajstić information content (AvgIpc) is 2.97. The number of aliphatic hydroxyl groups excluding tert-OH is 1. The molecule has 0 aliphatic carbocycles. The minimum Gasteiger partial charge on any atom is -0.396 e. The summed E-state index contributed by atoms with van der Waals surface area (Å²) in [5, 5.41) is 17.3. The maximum atomic E-state index is 12.3. The van der Waals surface area contributed by atoms with Crippen molar-refractivity contribution in [3.05, 3.63) is 16.6 Å². The molecule has 0 fully saturated rings. The Morgan fingerprint density at radius 1 is 1.52 bits per heavy atom. The molecule has 0 aliphatic rings. The molecule has 1 amide bonds. The van der Waals surface area contributed by atoms with Crippen LogP contribution in [0.1, 0.15) is 42.1 Å². The van der Waals surface area contributed by atoms with E-state index >= 15 is 0 Å². The number of hydrogen-bond donors (Lipinski definition) is 2. The van der Waals surface area contributed by atoms with Crippen LogP contribution in [-0.4, -0.2) is 33.9 Å². The highest BCUT2D eigenvalue weighted by molar-refractivity contribution is 7.20. The first-order chi connectivity index (χ1) is 9.84. The number of hydrogen-bond acceptors (Lipinski definition) is 4. The van der Waals surface area contributed by atoms with Gasteiger partial charge in [0.2, 0.25) is 0 Å². The molecule has 116 valence electrons. The van der Waals surface area contributed by atoms with Gasteiger partial charge >= 0.3 is 0 Å². The smallest absolute Gasteiger partial charge is 0.261 e. The van der Waals surface area contributed by atoms with Gasteiger partial charge in [-0.1, -0.05) is 13.8 Å². The average molecular weight is 309 g/mol. The number of nitrogens with one attached hydrogen (secondary N) is 1. The molecule has 0 atom stereocenters. The van der Waals surface area contributed by atoms with E-state index in [9.17, 15) is 4.79 Å². The number of aliphatic hydroxyl groups is 1. The van der Waals surface area contributed by atoms with E-state index in [0.29, 0.717) is 6.54 Å². The van der Waals surface area contributed by atoms with Crippen LogP contribution >= 0.6 is 11.3 Å². The first-order valence-corrected chi connectivity index (χ1v) is 7.98. The molecule has 21 heavy (non-hydrogen) atoms. The molecule has 0 aromatic carbocycles. The summed E-state index contributed by atoms with van der Waals surface area (Å²) < 4.78 is 1.82. The quantitative estimate of drug-likeness (QED) is 0.861. The van der Waals surface area contributed by atoms with Crippen molar-refractivity contribution in [3.8, 4) is 0 Å². The molecule has 0 aliphatic heterocycles. The SMILES string of the molecule is Cc1nn(C)c2sc(C(=O)NCC(C)(C)CCCO)cc12. The third-order valence-electron chi connectivity index (χ3n) is 3.66. The van der Waals surface area contributed by atoms with Gasteiger partial charge in [0.25, 0.3) is 5.91 Å². The summed E-state index contributed by atoms with van der Waals surface area (Å²) >= 11 is 1.47. The van der Waals surface area contributed by atoms with Crippen LogP contribution in [0.25, 0.3) is 10.2 Å². The number of fused-ring (bicyclic) bond motifs is 1. The molecule has 0 saturated heterocycles. The van der Waals surface area contributed by atoms with Gasteiger partial charge in [0.1, 0.15) is 4.83 Å². The first-order valence-electron chi connectivity index (χ1n) is 7.16. The summed E-state index contributed by atoms with van der Waals surface area (Å²) in [6, 6.07) is 1.92. The van der Waals surface area contributed by atoms with E-state index in [2.05, 4.69) is 24.3 Å². The summed E-state index contributed by atoms with van der Waals surface area (Å²) in [6.07, 6.45) is 1.65. The normalized spacial score (nSPS) is 12.0. The van der Waals surface area contributed by atoms with E-state index < -0.39 is 0 Å². The molecule has 2 heterocycles. The highest BCUT2D eigenvalue weighted by Crippen LogP contribution is 2.28. The van der Waals surface area contributed by atoms with E-state index in [-0.39, 0.29) is 17.9 Å². The summed E-state index contributed by atoms with van der Waals surface area (Å²) in [5.74, 6) is -0.0346. The third-order valence-corrected chi connectivity index (χ3v) is 4.86. The number of aryl methyl sites for hydroxylation is 2. The third kappa shape index (κ3) is 3.63. The number of rotatable bonds is 6. The van der Waals surface area contributed by atoms with Crippen molar-refractivity contribution in [2.75, 3.05) is 13.2 Å². The minimum atomic E-state index is -0.0346. The zero-order chi connectivity index (χ0) is 15.6. The molecule has 0 radical (unpaired) electrons. The predicted octanol–water partition coefficient (Wildman–Crippen LogP) is 2.47. The van der Waals surface area contributed by atoms with E-state index in [1.807, 2.05) is 24.7 Å². The predicted molar refractivity (Wildman–Crippen MR) is 85.8 cm³/mol. The second-order valence-electron chi connectivity index (χ2n) is 6.21. The van der Waals surface area contributed by atoms with Crippen LogP contribution in [0.5, 0.6) is 0 Å². The molecule has 0 bridgehead atoms. The Morgan fingerprint density at radius 3 is 2.86 bits per heavy atom. The van der Waals surface area contributed by atoms with Crippen LogP contribution in [0, 0.1) is 12.3 Å². The van der Waals surface area contributed by atoms with Gasteiger partial charge in [-0.15, -0.1) is 11.3 Å². The fourth-order valence-electron chi connectivity index (χ4n) is 2.37. The van der Waals surface area contributed by atoms with Crippen molar-refractivity contribution >= 4 is 27.5 Å². The lowest BCUT2D eigenvalue weighted by atomic mass is 9.88. The molecule has 0 saturated carbocycles. The van der Waals surface area contributed by atoms with Gasteiger partial charge in [0.05, 0.1) is 10.6 Å². The highest BCUT2D eigenvalue weighted by atomic mass is 32.1. The van der Waals surface area contributed by atoms with Gasteiger partial charge in [-0.2, -0.15) is 5.10 Å². The Bertz CT molecular complexity index is 608. The van der Waals surface area contributed by atoms with Crippen molar-refractivity contribution in [3.63, 3.8) is 0 Å². The van der Waals surface area contributed by atoms with Gasteiger partial charge in [-0.3, -0.25) is 9.48 Å². The summed E-state index contributed by atoms with van der Waals surface area (Å²) in [6.45, 7) is 6.95. The molecule has 0 unspecified atom stereocenters. The van der Waals surface area contributed by atoms with Crippen LogP contribution in [0.3, 0.4) is 0 Å². The standard InChI is InChI=1S/C15H23N3O2S/c1-10-11-8-12(21-14(11)18(4)17-10)13(20)16-9-15(2,3)6-5-7-19/h8,19H,5-7,9H2,1-4H3,(H,16,20). The monoisotopic (exact) mass is 309 g/mol. The zero-order valence-corrected chi connectivity index (χ0v) is 13.9. The summed E-state index contributed by atoms with van der Waals surface area (Å²) in [4.78, 5) is 14.0. The van der Waals surface area contributed by atoms with Gasteiger partial charge in [-0.05, 0) is 31.2 Å². The maximum absolute atomic E-state index is 12.3. The number of nitrogens with zero attached hydrogens (tertiary/aromatic N) is 2. The fraction of sp³-hybridized carbons (Fsp3) is 0.600. The Morgan fingerprint density at radius 2 is 2.24 bits per heavy atom. The van der Waals surface area contributed by atoms with Gasteiger partial charge in [-0.25, -0.2) is 0 Å². The van der Waals surface area contributed by atoms with Gasteiger partial charge in [0.15, 0.2) is 0 Å². The molecule has 2 aromatic rings. The number of thiophene rings is 1. The highest BCUT2D eigenvalue weighted by Gasteiger charge is 2.20. The second-order valence-corrected chi connectivity index (χ2v) is 7.24. The second kappa shape index (κ2) is 6.15. The molecule has 5 nitrogen and oxygen atoms in total. The molecular weight excluding hydrogens is 286 g/mol. The summed E-state index contributed by atoms with van der Waals surface area (Å²) in [5.41, 5.74) is 0.943. The Balaban J connectivity index is 2.04. The fourth-order valence-corrected chi connectivity index (χ4v) is 3.41. The largest absolute Gasteiger partial charge is 0.396 e. The van der Waals surface area contributed by atoms with Crippen molar-refractivity contribution in [2.24, 2.45) is 12.5 Å². The van der Waals surface area contributed by atoms with E-state index in [1.54, 1.807) is 0 Å². The van der Waals surface area contributed by atoms with Crippen LogP contribution in [-0.2, 0) is 7.05 Å². The molecule has 0 spiro atoms. The van der Waals surface area contributed by atoms with E-state index in [1.165, 1.54) is 11.3 Å². The van der Waals surface area contributed by atoms with Crippen molar-refractivity contribution in [1.29, 1.82) is 0 Å². The Labute approximate surface area is 129 Å². The van der Waals surface area contributed by atoms with Crippen molar-refractivity contribution in [1.82, 2.24) is 15.1 Å². The van der Waals surface area contributed by atoms with Crippen LogP contribution in [0.15, 0.2) is 6.07 Å². The van der Waals surface area contributed by atoms with Crippen molar-refractivity contribution in [2.45, 2.75) is 33.6 Å². The maximum Gasteiger partial charge on any atom is 0.261 e. The van der Waals surface area contributed by atoms with Gasteiger partial charge in [0, 0.05) is 25.6 Å². The van der Waals surface area contributed by atoms with Gasteiger partial charge < -0.3 is 10.4 Å².